The van der Waals surface area contributed by atoms with Gasteiger partial charge in [0.15, 0.2) is 0 Å². The van der Waals surface area contributed by atoms with Gasteiger partial charge in [-0.3, -0.25) is 0 Å². The minimum atomic E-state index is 0.564. The molecule has 2 nitrogen and oxygen atoms in total. The molecule has 0 aliphatic carbocycles. The molecule has 0 amide bonds. The SMILES string of the molecule is CC(CCN1CCNCC1)c1ccc(-c2ccc(Cl)cc2Cl)cc1. The van der Waals surface area contributed by atoms with Gasteiger partial charge in [-0.25, -0.2) is 0 Å². The molecular formula is C20H24Cl2N2. The van der Waals surface area contributed by atoms with Crippen LogP contribution in [0.3, 0.4) is 0 Å². The number of halogens is 2. The maximum absolute atomic E-state index is 6.31. The van der Waals surface area contributed by atoms with E-state index in [-0.39, 0.29) is 0 Å². The maximum Gasteiger partial charge on any atom is 0.0499 e. The van der Waals surface area contributed by atoms with Gasteiger partial charge in [-0.15, -0.1) is 0 Å². The first-order valence-corrected chi connectivity index (χ1v) is 9.37. The van der Waals surface area contributed by atoms with E-state index in [9.17, 15) is 0 Å². The average Bonchev–Trinajstić information content (AvgIpc) is 2.61. The van der Waals surface area contributed by atoms with Crippen molar-refractivity contribution in [3.05, 3.63) is 58.1 Å². The molecule has 1 unspecified atom stereocenters. The molecule has 1 N–H and O–H groups in total. The first kappa shape index (κ1) is 17.8. The summed E-state index contributed by atoms with van der Waals surface area (Å²) in [5, 5.41) is 4.77. The fourth-order valence-corrected chi connectivity index (χ4v) is 3.71. The lowest BCUT2D eigenvalue weighted by molar-refractivity contribution is 0.234. The van der Waals surface area contributed by atoms with Crippen molar-refractivity contribution in [2.24, 2.45) is 0 Å². The van der Waals surface area contributed by atoms with Crippen LogP contribution in [0.2, 0.25) is 10.0 Å². The molecule has 0 aromatic heterocycles. The highest BCUT2D eigenvalue weighted by atomic mass is 35.5. The number of hydrogen-bond donors (Lipinski definition) is 1. The van der Waals surface area contributed by atoms with Crippen LogP contribution in [0, 0.1) is 0 Å². The predicted octanol–water partition coefficient (Wildman–Crippen LogP) is 5.06. The van der Waals surface area contributed by atoms with Crippen molar-refractivity contribution in [3.8, 4) is 11.1 Å². The van der Waals surface area contributed by atoms with E-state index in [2.05, 4.69) is 41.4 Å². The zero-order chi connectivity index (χ0) is 16.9. The first-order chi connectivity index (χ1) is 11.6. The molecule has 2 aromatic rings. The summed E-state index contributed by atoms with van der Waals surface area (Å²) >= 11 is 12.3. The lowest BCUT2D eigenvalue weighted by atomic mass is 9.95. The Kier molecular flexibility index (Phi) is 6.18. The van der Waals surface area contributed by atoms with Gasteiger partial charge < -0.3 is 10.2 Å². The van der Waals surface area contributed by atoms with Gasteiger partial charge in [0, 0.05) is 41.8 Å². The standard InChI is InChI=1S/C20H24Cl2N2/c1-15(8-11-24-12-9-23-10-13-24)16-2-4-17(5-3-16)19-7-6-18(21)14-20(19)22/h2-7,14-15,23H,8-13H2,1H3. The Morgan fingerprint density at radius 2 is 1.75 bits per heavy atom. The van der Waals surface area contributed by atoms with E-state index < -0.39 is 0 Å². The largest absolute Gasteiger partial charge is 0.314 e. The molecule has 1 saturated heterocycles. The normalized spacial score (nSPS) is 17.0. The van der Waals surface area contributed by atoms with Gasteiger partial charge in [0.2, 0.25) is 0 Å². The Hall–Kier alpha value is -1.06. The molecule has 1 aliphatic heterocycles. The topological polar surface area (TPSA) is 15.3 Å². The zero-order valence-corrected chi connectivity index (χ0v) is 15.6. The van der Waals surface area contributed by atoms with E-state index in [0.717, 1.165) is 24.2 Å². The second-order valence-electron chi connectivity index (χ2n) is 6.53. The molecule has 0 spiro atoms. The molecule has 1 heterocycles. The summed E-state index contributed by atoms with van der Waals surface area (Å²) in [7, 11) is 0. The van der Waals surface area contributed by atoms with Crippen molar-refractivity contribution in [1.29, 1.82) is 0 Å². The molecule has 1 aliphatic rings. The number of nitrogens with one attached hydrogen (secondary N) is 1. The van der Waals surface area contributed by atoms with Gasteiger partial charge in [-0.2, -0.15) is 0 Å². The van der Waals surface area contributed by atoms with E-state index >= 15 is 0 Å². The van der Waals surface area contributed by atoms with E-state index in [0.29, 0.717) is 16.0 Å². The van der Waals surface area contributed by atoms with Crippen molar-refractivity contribution >= 4 is 23.2 Å². The van der Waals surface area contributed by atoms with Crippen LogP contribution in [0.15, 0.2) is 42.5 Å². The van der Waals surface area contributed by atoms with Gasteiger partial charge in [-0.05, 0) is 42.1 Å². The molecule has 1 fully saturated rings. The van der Waals surface area contributed by atoms with Gasteiger partial charge in [-0.1, -0.05) is 60.5 Å². The molecule has 4 heteroatoms. The van der Waals surface area contributed by atoms with Gasteiger partial charge >= 0.3 is 0 Å². The summed E-state index contributed by atoms with van der Waals surface area (Å²) < 4.78 is 0. The molecule has 2 aromatic carbocycles. The van der Waals surface area contributed by atoms with Crippen LogP contribution in [0.25, 0.3) is 11.1 Å². The van der Waals surface area contributed by atoms with E-state index in [1.807, 2.05) is 12.1 Å². The summed E-state index contributed by atoms with van der Waals surface area (Å²) in [5.74, 6) is 0.564. The third-order valence-corrected chi connectivity index (χ3v) is 5.36. The number of nitrogens with zero attached hydrogens (tertiary/aromatic N) is 1. The van der Waals surface area contributed by atoms with Crippen molar-refractivity contribution in [2.75, 3.05) is 32.7 Å². The van der Waals surface area contributed by atoms with Crippen LogP contribution >= 0.6 is 23.2 Å². The summed E-state index contributed by atoms with van der Waals surface area (Å²) in [6.45, 7) is 8.05. The van der Waals surface area contributed by atoms with Crippen molar-refractivity contribution < 1.29 is 0 Å². The fourth-order valence-electron chi connectivity index (χ4n) is 3.19. The van der Waals surface area contributed by atoms with Gasteiger partial charge in [0.1, 0.15) is 0 Å². The quantitative estimate of drug-likeness (QED) is 0.799. The summed E-state index contributed by atoms with van der Waals surface area (Å²) in [6, 6.07) is 14.4. The molecule has 0 saturated carbocycles. The van der Waals surface area contributed by atoms with E-state index in [4.69, 9.17) is 23.2 Å². The Labute approximate surface area is 154 Å². The monoisotopic (exact) mass is 362 g/mol. The number of piperazine rings is 1. The second kappa shape index (κ2) is 8.35. The van der Waals surface area contributed by atoms with Crippen LogP contribution in [-0.4, -0.2) is 37.6 Å². The highest BCUT2D eigenvalue weighted by Crippen LogP contribution is 2.31. The Morgan fingerprint density at radius 1 is 1.04 bits per heavy atom. The molecule has 3 rings (SSSR count). The fraction of sp³-hybridized carbons (Fsp3) is 0.400. The summed E-state index contributed by atoms with van der Waals surface area (Å²) in [5.41, 5.74) is 3.55. The zero-order valence-electron chi connectivity index (χ0n) is 14.1. The summed E-state index contributed by atoms with van der Waals surface area (Å²) in [4.78, 5) is 2.55. The summed E-state index contributed by atoms with van der Waals surface area (Å²) in [6.07, 6.45) is 1.20. The number of benzene rings is 2. The smallest absolute Gasteiger partial charge is 0.0499 e. The molecular weight excluding hydrogens is 339 g/mol. The molecule has 128 valence electrons. The van der Waals surface area contributed by atoms with Gasteiger partial charge in [0.05, 0.1) is 0 Å². The van der Waals surface area contributed by atoms with Crippen LogP contribution in [0.1, 0.15) is 24.8 Å². The Morgan fingerprint density at radius 3 is 2.42 bits per heavy atom. The highest BCUT2D eigenvalue weighted by Gasteiger charge is 2.12. The van der Waals surface area contributed by atoms with Crippen LogP contribution < -0.4 is 5.32 Å². The number of rotatable bonds is 5. The molecule has 24 heavy (non-hydrogen) atoms. The minimum Gasteiger partial charge on any atom is -0.314 e. The van der Waals surface area contributed by atoms with Crippen LogP contribution in [0.5, 0.6) is 0 Å². The first-order valence-electron chi connectivity index (χ1n) is 8.62. The highest BCUT2D eigenvalue weighted by molar-refractivity contribution is 6.36. The molecule has 1 atom stereocenters. The van der Waals surface area contributed by atoms with Crippen LogP contribution in [0.4, 0.5) is 0 Å². The van der Waals surface area contributed by atoms with Crippen LogP contribution in [-0.2, 0) is 0 Å². The van der Waals surface area contributed by atoms with Crippen molar-refractivity contribution in [3.63, 3.8) is 0 Å². The number of hydrogen-bond acceptors (Lipinski definition) is 2. The second-order valence-corrected chi connectivity index (χ2v) is 7.37. The van der Waals surface area contributed by atoms with Crippen molar-refractivity contribution in [1.82, 2.24) is 10.2 Å². The third-order valence-electron chi connectivity index (χ3n) is 4.81. The van der Waals surface area contributed by atoms with E-state index in [1.165, 1.54) is 31.6 Å². The Bertz CT molecular complexity index is 664. The van der Waals surface area contributed by atoms with E-state index in [1.54, 1.807) is 6.07 Å². The Balaban J connectivity index is 1.62. The van der Waals surface area contributed by atoms with Gasteiger partial charge in [0.25, 0.3) is 0 Å². The van der Waals surface area contributed by atoms with Crippen molar-refractivity contribution in [2.45, 2.75) is 19.3 Å². The third kappa shape index (κ3) is 4.52. The lowest BCUT2D eigenvalue weighted by Gasteiger charge is -2.28. The predicted molar refractivity (Wildman–Crippen MR) is 104 cm³/mol. The maximum atomic E-state index is 6.31. The molecule has 0 radical (unpaired) electrons. The average molecular weight is 363 g/mol. The lowest BCUT2D eigenvalue weighted by Crippen LogP contribution is -2.43. The minimum absolute atomic E-state index is 0.564. The molecule has 0 bridgehead atoms.